The zero-order valence-corrected chi connectivity index (χ0v) is 9.07. The highest BCUT2D eigenvalue weighted by molar-refractivity contribution is 5.35. The lowest BCUT2D eigenvalue weighted by Crippen LogP contribution is -2.24. The van der Waals surface area contributed by atoms with Crippen LogP contribution in [0.1, 0.15) is 17.2 Å². The zero-order valence-electron chi connectivity index (χ0n) is 9.07. The normalized spacial score (nSPS) is 24.6. The third kappa shape index (κ3) is 2.03. The van der Waals surface area contributed by atoms with Crippen LogP contribution in [-0.2, 0) is 6.42 Å². The number of benzene rings is 1. The minimum absolute atomic E-state index is 0.191. The van der Waals surface area contributed by atoms with Gasteiger partial charge in [0.2, 0.25) is 0 Å². The number of fused-ring (bicyclic) bond motifs is 1. The topological polar surface area (TPSA) is 23.5 Å². The number of nitrogens with zero attached hydrogens (tertiary/aromatic N) is 1. The SMILES string of the molecule is CN(C)C[C@H]1Cc2ccc(F)cc2[C@H]1O. The van der Waals surface area contributed by atoms with E-state index < -0.39 is 6.10 Å². The Labute approximate surface area is 89.3 Å². The molecule has 0 unspecified atom stereocenters. The first kappa shape index (κ1) is 10.6. The Hall–Kier alpha value is -0.930. The lowest BCUT2D eigenvalue weighted by atomic mass is 10.0. The van der Waals surface area contributed by atoms with Crippen LogP contribution in [0.5, 0.6) is 0 Å². The van der Waals surface area contributed by atoms with Crippen LogP contribution in [0.4, 0.5) is 4.39 Å². The molecule has 2 rings (SSSR count). The van der Waals surface area contributed by atoms with Crippen LogP contribution < -0.4 is 0 Å². The van der Waals surface area contributed by atoms with Crippen molar-refractivity contribution in [1.82, 2.24) is 4.90 Å². The number of hydrogen-bond donors (Lipinski definition) is 1. The van der Waals surface area contributed by atoms with E-state index in [0.717, 1.165) is 24.1 Å². The van der Waals surface area contributed by atoms with Crippen molar-refractivity contribution < 1.29 is 9.50 Å². The molecule has 82 valence electrons. The van der Waals surface area contributed by atoms with Gasteiger partial charge in [0.15, 0.2) is 0 Å². The van der Waals surface area contributed by atoms with Crippen LogP contribution in [-0.4, -0.2) is 30.6 Å². The highest BCUT2D eigenvalue weighted by Crippen LogP contribution is 2.36. The summed E-state index contributed by atoms with van der Waals surface area (Å²) >= 11 is 0. The van der Waals surface area contributed by atoms with Crippen molar-refractivity contribution >= 4 is 0 Å². The molecule has 2 nitrogen and oxygen atoms in total. The smallest absolute Gasteiger partial charge is 0.123 e. The van der Waals surface area contributed by atoms with Gasteiger partial charge < -0.3 is 10.0 Å². The van der Waals surface area contributed by atoms with E-state index in [2.05, 4.69) is 4.90 Å². The Morgan fingerprint density at radius 2 is 2.20 bits per heavy atom. The molecule has 0 spiro atoms. The largest absolute Gasteiger partial charge is 0.388 e. The first-order chi connectivity index (χ1) is 7.08. The Bertz CT molecular complexity index is 365. The summed E-state index contributed by atoms with van der Waals surface area (Å²) in [6, 6.07) is 4.70. The fraction of sp³-hybridized carbons (Fsp3) is 0.500. The molecule has 0 aliphatic heterocycles. The minimum atomic E-state index is -0.516. The molecular formula is C12H16FNO. The molecule has 0 fully saturated rings. The lowest BCUT2D eigenvalue weighted by molar-refractivity contribution is 0.105. The molecule has 1 aromatic carbocycles. The molecule has 2 atom stereocenters. The van der Waals surface area contributed by atoms with Gasteiger partial charge in [0.25, 0.3) is 0 Å². The standard InChI is InChI=1S/C12H16FNO/c1-14(2)7-9-5-8-3-4-10(13)6-11(8)12(9)15/h3-4,6,9,12,15H,5,7H2,1-2H3/t9-,12+/m1/s1. The van der Waals surface area contributed by atoms with Crippen molar-refractivity contribution in [3.05, 3.63) is 35.1 Å². The Morgan fingerprint density at radius 1 is 1.47 bits per heavy atom. The van der Waals surface area contributed by atoms with Crippen molar-refractivity contribution in [3.63, 3.8) is 0 Å². The zero-order chi connectivity index (χ0) is 11.0. The molecule has 1 aliphatic rings. The van der Waals surface area contributed by atoms with E-state index in [4.69, 9.17) is 0 Å². The third-order valence-corrected chi connectivity index (χ3v) is 2.95. The third-order valence-electron chi connectivity index (χ3n) is 2.95. The van der Waals surface area contributed by atoms with E-state index in [1.807, 2.05) is 14.1 Å². The van der Waals surface area contributed by atoms with Gasteiger partial charge in [-0.25, -0.2) is 4.39 Å². The minimum Gasteiger partial charge on any atom is -0.388 e. The summed E-state index contributed by atoms with van der Waals surface area (Å²) in [5.41, 5.74) is 1.85. The summed E-state index contributed by atoms with van der Waals surface area (Å²) in [5.74, 6) is -0.0740. The highest BCUT2D eigenvalue weighted by atomic mass is 19.1. The molecule has 15 heavy (non-hydrogen) atoms. The van der Waals surface area contributed by atoms with Crippen molar-refractivity contribution in [2.75, 3.05) is 20.6 Å². The number of hydrogen-bond acceptors (Lipinski definition) is 2. The Morgan fingerprint density at radius 3 is 2.87 bits per heavy atom. The average Bonchev–Trinajstić information content (AvgIpc) is 2.44. The maximum absolute atomic E-state index is 13.0. The van der Waals surface area contributed by atoms with Crippen molar-refractivity contribution in [1.29, 1.82) is 0 Å². The Balaban J connectivity index is 2.22. The molecular weight excluding hydrogens is 193 g/mol. The summed E-state index contributed by atoms with van der Waals surface area (Å²) in [5, 5.41) is 10.0. The summed E-state index contributed by atoms with van der Waals surface area (Å²) in [7, 11) is 3.96. The van der Waals surface area contributed by atoms with E-state index >= 15 is 0 Å². The summed E-state index contributed by atoms with van der Waals surface area (Å²) in [6.45, 7) is 0.831. The van der Waals surface area contributed by atoms with Crippen LogP contribution in [0.3, 0.4) is 0 Å². The van der Waals surface area contributed by atoms with Gasteiger partial charge in [-0.1, -0.05) is 6.07 Å². The second-order valence-corrected chi connectivity index (χ2v) is 4.51. The van der Waals surface area contributed by atoms with Gasteiger partial charge in [-0.05, 0) is 43.8 Å². The fourth-order valence-corrected chi connectivity index (χ4v) is 2.31. The molecule has 3 heteroatoms. The van der Waals surface area contributed by atoms with Crippen LogP contribution in [0.2, 0.25) is 0 Å². The lowest BCUT2D eigenvalue weighted by Gasteiger charge is -2.19. The summed E-state index contributed by atoms with van der Waals surface area (Å²) in [6.07, 6.45) is 0.327. The molecule has 0 heterocycles. The predicted molar refractivity (Wildman–Crippen MR) is 57.1 cm³/mol. The van der Waals surface area contributed by atoms with Gasteiger partial charge in [0, 0.05) is 12.5 Å². The van der Waals surface area contributed by atoms with Crippen LogP contribution in [0.25, 0.3) is 0 Å². The monoisotopic (exact) mass is 209 g/mol. The molecule has 0 amide bonds. The molecule has 0 radical (unpaired) electrons. The van der Waals surface area contributed by atoms with Crippen LogP contribution in [0, 0.1) is 11.7 Å². The molecule has 1 aliphatic carbocycles. The Kier molecular flexibility index (Phi) is 2.76. The van der Waals surface area contributed by atoms with Gasteiger partial charge in [0.05, 0.1) is 6.10 Å². The molecule has 1 aromatic rings. The second kappa shape index (κ2) is 3.91. The van der Waals surface area contributed by atoms with Crippen molar-refractivity contribution in [2.24, 2.45) is 5.92 Å². The predicted octanol–water partition coefficient (Wildman–Crippen LogP) is 1.59. The van der Waals surface area contributed by atoms with E-state index in [-0.39, 0.29) is 11.7 Å². The van der Waals surface area contributed by atoms with E-state index in [1.165, 1.54) is 12.1 Å². The first-order valence-corrected chi connectivity index (χ1v) is 5.19. The number of aliphatic hydroxyl groups excluding tert-OH is 1. The summed E-state index contributed by atoms with van der Waals surface area (Å²) < 4.78 is 13.0. The van der Waals surface area contributed by atoms with Gasteiger partial charge in [-0.2, -0.15) is 0 Å². The van der Waals surface area contributed by atoms with Gasteiger partial charge in [0.1, 0.15) is 5.82 Å². The number of aliphatic hydroxyl groups is 1. The maximum Gasteiger partial charge on any atom is 0.123 e. The molecule has 0 bridgehead atoms. The molecule has 1 N–H and O–H groups in total. The van der Waals surface area contributed by atoms with E-state index in [0.29, 0.717) is 0 Å². The molecule has 0 saturated carbocycles. The first-order valence-electron chi connectivity index (χ1n) is 5.19. The second-order valence-electron chi connectivity index (χ2n) is 4.51. The van der Waals surface area contributed by atoms with Gasteiger partial charge >= 0.3 is 0 Å². The molecule has 0 aromatic heterocycles. The highest BCUT2D eigenvalue weighted by Gasteiger charge is 2.31. The van der Waals surface area contributed by atoms with E-state index in [9.17, 15) is 9.50 Å². The van der Waals surface area contributed by atoms with Crippen LogP contribution >= 0.6 is 0 Å². The van der Waals surface area contributed by atoms with E-state index in [1.54, 1.807) is 6.07 Å². The average molecular weight is 209 g/mol. The quantitative estimate of drug-likeness (QED) is 0.799. The summed E-state index contributed by atoms with van der Waals surface area (Å²) in [4.78, 5) is 2.05. The number of halogens is 1. The van der Waals surface area contributed by atoms with Gasteiger partial charge in [-0.3, -0.25) is 0 Å². The van der Waals surface area contributed by atoms with Crippen molar-refractivity contribution in [3.8, 4) is 0 Å². The van der Waals surface area contributed by atoms with Crippen molar-refractivity contribution in [2.45, 2.75) is 12.5 Å². The fourth-order valence-electron chi connectivity index (χ4n) is 2.31. The number of rotatable bonds is 2. The molecule has 0 saturated heterocycles. The van der Waals surface area contributed by atoms with Gasteiger partial charge in [-0.15, -0.1) is 0 Å². The maximum atomic E-state index is 13.0. The van der Waals surface area contributed by atoms with Crippen LogP contribution in [0.15, 0.2) is 18.2 Å².